The molecule has 0 radical (unpaired) electrons. The Morgan fingerprint density at radius 2 is 2.10 bits per heavy atom. The van der Waals surface area contributed by atoms with E-state index in [0.717, 1.165) is 37.0 Å². The molecule has 1 saturated carbocycles. The average molecular weight is 276 g/mol. The first-order valence-corrected chi connectivity index (χ1v) is 7.23. The van der Waals surface area contributed by atoms with E-state index in [4.69, 9.17) is 4.42 Å². The summed E-state index contributed by atoms with van der Waals surface area (Å²) in [6.07, 6.45) is 4.13. The lowest BCUT2D eigenvalue weighted by atomic mass is 9.87. The van der Waals surface area contributed by atoms with Crippen molar-refractivity contribution in [1.82, 2.24) is 10.2 Å². The molecule has 2 heterocycles. The molecule has 5 nitrogen and oxygen atoms in total. The number of carbonyl (C=O) groups excluding carboxylic acids is 2. The van der Waals surface area contributed by atoms with Crippen LogP contribution in [0.1, 0.15) is 47.6 Å². The third kappa shape index (κ3) is 2.21. The fourth-order valence-corrected chi connectivity index (χ4v) is 3.38. The molecule has 0 bridgehead atoms. The second-order valence-corrected chi connectivity index (χ2v) is 5.83. The van der Waals surface area contributed by atoms with Crippen LogP contribution in [0.5, 0.6) is 0 Å². The minimum Gasteiger partial charge on any atom is -0.456 e. The molecule has 2 fully saturated rings. The molecular weight excluding hydrogens is 256 g/mol. The van der Waals surface area contributed by atoms with Crippen LogP contribution < -0.4 is 5.32 Å². The molecule has 1 aliphatic carbocycles. The van der Waals surface area contributed by atoms with Crippen LogP contribution in [0.3, 0.4) is 0 Å². The smallest absolute Gasteiger partial charge is 0.290 e. The predicted octanol–water partition coefficient (Wildman–Crippen LogP) is 1.78. The van der Waals surface area contributed by atoms with E-state index in [9.17, 15) is 9.59 Å². The van der Waals surface area contributed by atoms with Crippen LogP contribution in [0.25, 0.3) is 0 Å². The highest BCUT2D eigenvalue weighted by Crippen LogP contribution is 2.28. The van der Waals surface area contributed by atoms with Gasteiger partial charge < -0.3 is 14.6 Å². The molecule has 1 aliphatic heterocycles. The largest absolute Gasteiger partial charge is 0.456 e. The Labute approximate surface area is 118 Å². The molecule has 1 aromatic heterocycles. The van der Waals surface area contributed by atoms with Crippen molar-refractivity contribution in [3.05, 3.63) is 23.2 Å². The number of piperazine rings is 1. The number of hydrogen-bond acceptors (Lipinski definition) is 3. The van der Waals surface area contributed by atoms with Gasteiger partial charge in [0.15, 0.2) is 5.76 Å². The lowest BCUT2D eigenvalue weighted by Gasteiger charge is -2.43. The highest BCUT2D eigenvalue weighted by Gasteiger charge is 2.40. The van der Waals surface area contributed by atoms with Crippen molar-refractivity contribution >= 4 is 11.8 Å². The monoisotopic (exact) mass is 276 g/mol. The Kier molecular flexibility index (Phi) is 3.28. The van der Waals surface area contributed by atoms with Gasteiger partial charge in [0, 0.05) is 11.6 Å². The number of carbonyl (C=O) groups is 2. The van der Waals surface area contributed by atoms with E-state index in [0.29, 0.717) is 5.76 Å². The molecule has 2 amide bonds. The van der Waals surface area contributed by atoms with Crippen molar-refractivity contribution in [1.29, 1.82) is 0 Å². The molecule has 5 heteroatoms. The first-order chi connectivity index (χ1) is 9.56. The molecule has 1 aromatic rings. The fourth-order valence-electron chi connectivity index (χ4n) is 3.38. The molecule has 2 atom stereocenters. The van der Waals surface area contributed by atoms with Gasteiger partial charge in [-0.25, -0.2) is 0 Å². The summed E-state index contributed by atoms with van der Waals surface area (Å²) >= 11 is 0. The van der Waals surface area contributed by atoms with E-state index in [1.165, 1.54) is 0 Å². The molecular formula is C15H20N2O3. The van der Waals surface area contributed by atoms with Crippen molar-refractivity contribution in [2.24, 2.45) is 0 Å². The van der Waals surface area contributed by atoms with Crippen LogP contribution in [-0.2, 0) is 4.79 Å². The lowest BCUT2D eigenvalue weighted by Crippen LogP contribution is -2.62. The Morgan fingerprint density at radius 1 is 1.35 bits per heavy atom. The van der Waals surface area contributed by atoms with Crippen LogP contribution in [-0.4, -0.2) is 35.3 Å². The SMILES string of the molecule is Cc1cc(C)c(C(=O)N2CC(=O)N[C@H]3CCCC[C@H]32)o1. The summed E-state index contributed by atoms with van der Waals surface area (Å²) in [6, 6.07) is 2.07. The zero-order valence-corrected chi connectivity index (χ0v) is 11.9. The molecule has 3 rings (SSSR count). The summed E-state index contributed by atoms with van der Waals surface area (Å²) < 4.78 is 5.52. The maximum Gasteiger partial charge on any atom is 0.290 e. The number of rotatable bonds is 1. The Hall–Kier alpha value is -1.78. The number of nitrogens with one attached hydrogen (secondary N) is 1. The fraction of sp³-hybridized carbons (Fsp3) is 0.600. The van der Waals surface area contributed by atoms with E-state index in [-0.39, 0.29) is 30.4 Å². The topological polar surface area (TPSA) is 62.6 Å². The number of hydrogen-bond donors (Lipinski definition) is 1. The zero-order chi connectivity index (χ0) is 14.3. The van der Waals surface area contributed by atoms with Crippen molar-refractivity contribution in [3.63, 3.8) is 0 Å². The third-order valence-electron chi connectivity index (χ3n) is 4.29. The Balaban J connectivity index is 1.88. The summed E-state index contributed by atoms with van der Waals surface area (Å²) in [4.78, 5) is 26.2. The summed E-state index contributed by atoms with van der Waals surface area (Å²) in [5.74, 6) is 0.888. The van der Waals surface area contributed by atoms with Gasteiger partial charge in [0.05, 0.1) is 6.04 Å². The van der Waals surface area contributed by atoms with E-state index in [2.05, 4.69) is 5.32 Å². The normalized spacial score (nSPS) is 26.1. The first kappa shape index (κ1) is 13.2. The first-order valence-electron chi connectivity index (χ1n) is 7.23. The highest BCUT2D eigenvalue weighted by atomic mass is 16.4. The molecule has 0 aromatic carbocycles. The van der Waals surface area contributed by atoms with Crippen LogP contribution in [0.2, 0.25) is 0 Å². The summed E-state index contributed by atoms with van der Waals surface area (Å²) in [5.41, 5.74) is 0.839. The lowest BCUT2D eigenvalue weighted by molar-refractivity contribution is -0.127. The quantitative estimate of drug-likeness (QED) is 0.850. The zero-order valence-electron chi connectivity index (χ0n) is 11.9. The summed E-state index contributed by atoms with van der Waals surface area (Å²) in [5, 5.41) is 3.01. The predicted molar refractivity (Wildman–Crippen MR) is 73.4 cm³/mol. The average Bonchev–Trinajstić information content (AvgIpc) is 2.76. The summed E-state index contributed by atoms with van der Waals surface area (Å²) in [6.45, 7) is 3.83. The van der Waals surface area contributed by atoms with Gasteiger partial charge in [0.2, 0.25) is 5.91 Å². The van der Waals surface area contributed by atoms with Gasteiger partial charge in [0.25, 0.3) is 5.91 Å². The van der Waals surface area contributed by atoms with Gasteiger partial charge in [-0.05, 0) is 32.8 Å². The van der Waals surface area contributed by atoms with Gasteiger partial charge in [-0.1, -0.05) is 12.8 Å². The Bertz CT molecular complexity index is 549. The molecule has 1 N–H and O–H groups in total. The second-order valence-electron chi connectivity index (χ2n) is 5.83. The van der Waals surface area contributed by atoms with E-state index in [1.807, 2.05) is 19.9 Å². The number of furan rings is 1. The van der Waals surface area contributed by atoms with E-state index >= 15 is 0 Å². The molecule has 2 aliphatic rings. The third-order valence-corrected chi connectivity index (χ3v) is 4.29. The van der Waals surface area contributed by atoms with Crippen LogP contribution in [0, 0.1) is 13.8 Å². The molecule has 1 saturated heterocycles. The van der Waals surface area contributed by atoms with Crippen molar-refractivity contribution < 1.29 is 14.0 Å². The van der Waals surface area contributed by atoms with Crippen LogP contribution in [0.15, 0.2) is 10.5 Å². The number of fused-ring (bicyclic) bond motifs is 1. The number of amides is 2. The van der Waals surface area contributed by atoms with Gasteiger partial charge in [0.1, 0.15) is 12.3 Å². The molecule has 20 heavy (non-hydrogen) atoms. The van der Waals surface area contributed by atoms with Crippen molar-refractivity contribution in [3.8, 4) is 0 Å². The van der Waals surface area contributed by atoms with E-state index in [1.54, 1.807) is 4.90 Å². The van der Waals surface area contributed by atoms with Crippen LogP contribution >= 0.6 is 0 Å². The highest BCUT2D eigenvalue weighted by molar-refractivity contribution is 5.96. The maximum atomic E-state index is 12.7. The van der Waals surface area contributed by atoms with Gasteiger partial charge in [-0.2, -0.15) is 0 Å². The van der Waals surface area contributed by atoms with Gasteiger partial charge >= 0.3 is 0 Å². The molecule has 108 valence electrons. The maximum absolute atomic E-state index is 12.7. The number of aryl methyl sites for hydroxylation is 2. The van der Waals surface area contributed by atoms with Crippen molar-refractivity contribution in [2.45, 2.75) is 51.6 Å². The minimum absolute atomic E-state index is 0.0672. The standard InChI is InChI=1S/C15H20N2O3/c1-9-7-10(2)20-14(9)15(19)17-8-13(18)16-11-5-3-4-6-12(11)17/h7,11-12H,3-6,8H2,1-2H3,(H,16,18)/t11-,12+/m0/s1. The molecule has 0 spiro atoms. The van der Waals surface area contributed by atoms with Crippen LogP contribution in [0.4, 0.5) is 0 Å². The number of nitrogens with zero attached hydrogens (tertiary/aromatic N) is 1. The van der Waals surface area contributed by atoms with Gasteiger partial charge in [-0.15, -0.1) is 0 Å². The van der Waals surface area contributed by atoms with Gasteiger partial charge in [-0.3, -0.25) is 9.59 Å². The van der Waals surface area contributed by atoms with Crippen molar-refractivity contribution in [2.75, 3.05) is 6.54 Å². The second kappa shape index (κ2) is 4.96. The summed E-state index contributed by atoms with van der Waals surface area (Å²) in [7, 11) is 0. The van der Waals surface area contributed by atoms with E-state index < -0.39 is 0 Å². The molecule has 0 unspecified atom stereocenters. The Morgan fingerprint density at radius 3 is 2.80 bits per heavy atom. The minimum atomic E-state index is -0.151.